The molecule has 5 amide bonds. The number of amides is 5. The van der Waals surface area contributed by atoms with E-state index in [1.54, 1.807) is 72.8 Å². The molecule has 592 valence electrons. The molecule has 0 spiro atoms. The van der Waals surface area contributed by atoms with Gasteiger partial charge in [-0.3, -0.25) is 24.0 Å². The lowest BCUT2D eigenvalue weighted by molar-refractivity contribution is 0.102. The van der Waals surface area contributed by atoms with Crippen molar-refractivity contribution in [1.29, 1.82) is 0 Å². The summed E-state index contributed by atoms with van der Waals surface area (Å²) in [5.74, 6) is -0.409. The zero-order valence-corrected chi connectivity index (χ0v) is 68.8. The Morgan fingerprint density at radius 1 is 0.311 bits per heavy atom. The second-order valence-electron chi connectivity index (χ2n) is 27.5. The molecular weight excluding hydrogens is 1590 g/mol. The van der Waals surface area contributed by atoms with E-state index in [0.717, 1.165) is 97.2 Å². The Hall–Kier alpha value is -13.4. The minimum Gasteiger partial charge on any atom is -0.508 e. The van der Waals surface area contributed by atoms with Crippen LogP contribution in [0.4, 0.5) is 28.4 Å². The number of hydrogen-bond donors (Lipinski definition) is 13. The molecule has 0 saturated carbocycles. The molecular formula is C93H78B2N8O11S5. The summed E-state index contributed by atoms with van der Waals surface area (Å²) in [7, 11) is -2.98. The van der Waals surface area contributed by atoms with Crippen LogP contribution >= 0.6 is 56.7 Å². The molecule has 0 fully saturated rings. The molecule has 0 bridgehead atoms. The number of aromatic hydroxyl groups is 1. The zero-order valence-electron chi connectivity index (χ0n) is 64.7. The number of thiophene rings is 5. The van der Waals surface area contributed by atoms with Gasteiger partial charge in [0, 0.05) is 64.5 Å². The van der Waals surface area contributed by atoms with E-state index >= 15 is 0 Å². The van der Waals surface area contributed by atoms with Gasteiger partial charge in [0.25, 0.3) is 29.5 Å². The Labute approximate surface area is 706 Å². The first-order valence-corrected chi connectivity index (χ1v) is 41.4. The van der Waals surface area contributed by atoms with E-state index < -0.39 is 14.2 Å². The third-order valence-electron chi connectivity index (χ3n) is 18.5. The number of fused-ring (bicyclic) bond motifs is 2. The van der Waals surface area contributed by atoms with Gasteiger partial charge in [-0.2, -0.15) is 0 Å². The highest BCUT2D eigenvalue weighted by Crippen LogP contribution is 2.35. The van der Waals surface area contributed by atoms with Crippen LogP contribution in [0.3, 0.4) is 0 Å². The fourth-order valence-electron chi connectivity index (χ4n) is 12.2. The number of H-pyrrole nitrogens is 3. The van der Waals surface area contributed by atoms with Gasteiger partial charge in [0.15, 0.2) is 0 Å². The standard InChI is InChI=1S/C20H16N2OS.C19H15N3O2S.2C18H16BNO3S.C18H15NO2S/c1-13-2-6-16(7-3-13)22-20(23)19-9-8-18(24-19)15-5-4-14-10-11-21-17(14)12-15;1-11-2-4-12(5-3-11)16-8-9-17(25-16)18(23)20-13-6-7-14-15(10-13)22-19(24)21-14;1-12-4-2-7-15(10-12)20-18(21)17-9-8-16(24-17)13-5-3-6-14(11-13)19(22)23;1-12-3-2-4-15(11-12)20-18(21)17-10-9-16(24-17)13-5-7-14(8-6-13)19(22)23;1-12-4-2-3-5-15(12)19-18(21)17-11-10-16(22-17)13-6-8-14(20)9-7-13/h2-12,21H,1H3,(H,22,23);2-10H,1H3,(H,20,23)(H2,21,22,24);2*2-11,22-23H,1H3,(H,20,21);2-11,20H,1H3,(H,19,21). The van der Waals surface area contributed by atoms with Crippen molar-refractivity contribution in [3.8, 4) is 58.0 Å². The Morgan fingerprint density at radius 3 is 1.20 bits per heavy atom. The predicted octanol–water partition coefficient (Wildman–Crippen LogP) is 19.6. The molecule has 10 aromatic carbocycles. The van der Waals surface area contributed by atoms with Crippen LogP contribution in [-0.4, -0.2) is 83.9 Å². The van der Waals surface area contributed by atoms with Crippen molar-refractivity contribution < 1.29 is 49.2 Å². The number of benzene rings is 10. The number of aryl methyl sites for hydroxylation is 5. The van der Waals surface area contributed by atoms with Crippen molar-refractivity contribution in [2.45, 2.75) is 34.6 Å². The van der Waals surface area contributed by atoms with E-state index in [4.69, 9.17) is 10.0 Å². The second kappa shape index (κ2) is 39.0. The number of phenols is 1. The zero-order chi connectivity index (χ0) is 83.6. The van der Waals surface area contributed by atoms with Crippen LogP contribution in [-0.2, 0) is 0 Å². The predicted molar refractivity (Wildman–Crippen MR) is 490 cm³/mol. The number of carbonyl (C=O) groups excluding carboxylic acids is 5. The van der Waals surface area contributed by atoms with E-state index in [2.05, 4.69) is 84.0 Å². The molecule has 19 nitrogen and oxygen atoms in total. The number of rotatable bonds is 17. The minimum absolute atomic E-state index is 0.0731. The summed E-state index contributed by atoms with van der Waals surface area (Å²) in [5, 5.41) is 61.8. The first-order valence-electron chi connectivity index (χ1n) is 37.4. The van der Waals surface area contributed by atoms with Crippen LogP contribution in [0.15, 0.2) is 308 Å². The van der Waals surface area contributed by atoms with Crippen LogP contribution in [0, 0.1) is 34.6 Å². The minimum atomic E-state index is -1.51. The summed E-state index contributed by atoms with van der Waals surface area (Å²) >= 11 is 7.14. The number of phenolic OH excluding ortho intramolecular Hbond substituents is 1. The average Bonchev–Trinajstić information content (AvgIpc) is 1.74. The van der Waals surface area contributed by atoms with Crippen molar-refractivity contribution in [1.82, 2.24) is 15.0 Å². The highest BCUT2D eigenvalue weighted by Gasteiger charge is 2.19. The lowest BCUT2D eigenvalue weighted by Gasteiger charge is -2.06. The maximum Gasteiger partial charge on any atom is 0.488 e. The van der Waals surface area contributed by atoms with Crippen molar-refractivity contribution in [2.24, 2.45) is 0 Å². The number of aromatic nitrogens is 3. The van der Waals surface area contributed by atoms with Gasteiger partial charge in [-0.05, 0) is 253 Å². The smallest absolute Gasteiger partial charge is 0.488 e. The van der Waals surface area contributed by atoms with E-state index in [-0.39, 0.29) is 41.0 Å². The molecule has 0 atom stereocenters. The summed E-state index contributed by atoms with van der Waals surface area (Å²) in [4.78, 5) is 90.0. The summed E-state index contributed by atoms with van der Waals surface area (Å²) < 4.78 is 0. The van der Waals surface area contributed by atoms with Crippen LogP contribution in [0.2, 0.25) is 0 Å². The number of carbonyl (C=O) groups is 5. The topological polar surface area (TPSA) is 311 Å². The van der Waals surface area contributed by atoms with E-state index in [1.807, 2.05) is 223 Å². The molecule has 7 heterocycles. The van der Waals surface area contributed by atoms with Gasteiger partial charge in [-0.1, -0.05) is 151 Å². The van der Waals surface area contributed by atoms with Gasteiger partial charge >= 0.3 is 19.9 Å². The monoisotopic (exact) mass is 1660 g/mol. The van der Waals surface area contributed by atoms with Crippen molar-refractivity contribution >= 4 is 162 Å². The third-order valence-corrected chi connectivity index (χ3v) is 24.1. The number of imidazole rings is 1. The first kappa shape index (κ1) is 83.6. The van der Waals surface area contributed by atoms with E-state index in [0.29, 0.717) is 52.0 Å². The molecule has 0 aliphatic carbocycles. The SMILES string of the molecule is Cc1ccc(-c2ccc(C(=O)Nc3ccc4[nH]c(=O)[nH]c4c3)s2)cc1.Cc1ccc(NC(=O)c2ccc(-c3ccc4cc[nH]c4c3)s2)cc1.Cc1cccc(NC(=O)c2ccc(-c3ccc(B(O)O)cc3)s2)c1.Cc1cccc(NC(=O)c2ccc(-c3cccc(B(O)O)c3)s2)c1.Cc1ccccc1NC(=O)c1ccc(-c2ccc(O)cc2)s1. The Balaban J connectivity index is 0.000000129. The summed E-state index contributed by atoms with van der Waals surface area (Å²) in [6, 6.07) is 92.2. The van der Waals surface area contributed by atoms with Crippen molar-refractivity contribution in [3.63, 3.8) is 0 Å². The van der Waals surface area contributed by atoms with Gasteiger partial charge in [0.05, 0.1) is 35.4 Å². The van der Waals surface area contributed by atoms with Crippen LogP contribution in [0.25, 0.3) is 74.1 Å². The number of hydrogen-bond acceptors (Lipinski definition) is 16. The Kier molecular flexibility index (Phi) is 27.4. The third kappa shape index (κ3) is 22.6. The summed E-state index contributed by atoms with van der Waals surface area (Å²) in [5.41, 5.74) is 17.4. The molecule has 119 heavy (non-hydrogen) atoms. The maximum absolute atomic E-state index is 12.5. The normalized spacial score (nSPS) is 10.6. The lowest BCUT2D eigenvalue weighted by atomic mass is 9.79. The van der Waals surface area contributed by atoms with Gasteiger partial charge in [0.2, 0.25) is 0 Å². The molecule has 17 rings (SSSR count). The number of nitrogens with one attached hydrogen (secondary N) is 8. The Morgan fingerprint density at radius 2 is 0.714 bits per heavy atom. The summed E-state index contributed by atoms with van der Waals surface area (Å²) in [6.45, 7) is 9.99. The number of anilines is 5. The molecule has 0 unspecified atom stereocenters. The lowest BCUT2D eigenvalue weighted by Crippen LogP contribution is -2.29. The average molecular weight is 1670 g/mol. The van der Waals surface area contributed by atoms with Gasteiger partial charge in [0.1, 0.15) is 5.75 Å². The molecule has 0 aliphatic rings. The summed E-state index contributed by atoms with van der Waals surface area (Å²) in [6.07, 6.45) is 1.93. The second-order valence-corrected chi connectivity index (χ2v) is 33.0. The van der Waals surface area contributed by atoms with Crippen LogP contribution in [0.1, 0.15) is 76.2 Å². The molecule has 26 heteroatoms. The molecule has 0 saturated heterocycles. The molecule has 0 aliphatic heterocycles. The van der Waals surface area contributed by atoms with E-state index in [9.17, 15) is 43.9 Å². The molecule has 17 aromatic rings. The number of para-hydroxylation sites is 1. The maximum atomic E-state index is 12.5. The fraction of sp³-hybridized carbons (Fsp3) is 0.0538. The van der Waals surface area contributed by atoms with Gasteiger partial charge in [-0.25, -0.2) is 4.79 Å². The first-order chi connectivity index (χ1) is 57.4. The number of aromatic amines is 3. The van der Waals surface area contributed by atoms with Crippen molar-refractivity contribution in [3.05, 3.63) is 366 Å². The van der Waals surface area contributed by atoms with Gasteiger partial charge in [-0.15, -0.1) is 56.7 Å². The Bertz CT molecular complexity index is 6480. The van der Waals surface area contributed by atoms with Crippen LogP contribution < -0.4 is 43.2 Å². The van der Waals surface area contributed by atoms with Crippen LogP contribution in [0.5, 0.6) is 5.75 Å². The largest absolute Gasteiger partial charge is 0.508 e. The molecule has 13 N–H and O–H groups in total. The highest BCUT2D eigenvalue weighted by atomic mass is 32.1. The van der Waals surface area contributed by atoms with Crippen molar-refractivity contribution in [2.75, 3.05) is 26.6 Å². The van der Waals surface area contributed by atoms with Gasteiger partial charge < -0.3 is 66.7 Å². The highest BCUT2D eigenvalue weighted by molar-refractivity contribution is 7.19. The quantitative estimate of drug-likeness (QED) is 0.0380. The molecule has 7 aromatic heterocycles. The fourth-order valence-corrected chi connectivity index (χ4v) is 16.7. The van der Waals surface area contributed by atoms with E-state index in [1.165, 1.54) is 73.2 Å². The molecule has 0 radical (unpaired) electrons.